The van der Waals surface area contributed by atoms with E-state index in [1.807, 2.05) is 18.2 Å². The number of methoxy groups -OCH3 is 1. The molecule has 3 rings (SSSR count). The number of piperazine rings is 1. The molecule has 1 aromatic carbocycles. The fourth-order valence-electron chi connectivity index (χ4n) is 3.16. The molecule has 2 heterocycles. The van der Waals surface area contributed by atoms with Gasteiger partial charge in [0.15, 0.2) is 18.1 Å². The summed E-state index contributed by atoms with van der Waals surface area (Å²) in [6.45, 7) is 6.20. The third-order valence-electron chi connectivity index (χ3n) is 4.92. The van der Waals surface area contributed by atoms with Crippen LogP contribution in [0.5, 0.6) is 11.5 Å². The fourth-order valence-corrected chi connectivity index (χ4v) is 3.47. The van der Waals surface area contributed by atoms with Crippen LogP contribution < -0.4 is 9.47 Å². The molecule has 0 bridgehead atoms. The lowest BCUT2D eigenvalue weighted by Gasteiger charge is -2.34. The number of benzene rings is 1. The molecule has 0 atom stereocenters. The van der Waals surface area contributed by atoms with Crippen LogP contribution in [-0.4, -0.2) is 98.8 Å². The summed E-state index contributed by atoms with van der Waals surface area (Å²) in [5.41, 5.74) is 0.929. The van der Waals surface area contributed by atoms with Crippen molar-refractivity contribution in [3.63, 3.8) is 0 Å². The average molecular weight is 394 g/mol. The standard InChI is InChI=1S/C19H27N3O4S/c1-20-5-7-22(8-6-20)19(27)15-3-4-16(17(13-15)24-2)26-14-18(23)21-9-11-25-12-10-21/h3-4,13H,5-12,14H2,1-2H3. The molecular formula is C19H27N3O4S. The number of rotatable bonds is 5. The van der Waals surface area contributed by atoms with Crippen molar-refractivity contribution in [3.8, 4) is 11.5 Å². The molecule has 0 spiro atoms. The maximum atomic E-state index is 12.3. The molecule has 0 N–H and O–H groups in total. The molecule has 8 heteroatoms. The Labute approximate surface area is 165 Å². The summed E-state index contributed by atoms with van der Waals surface area (Å²) in [5, 5.41) is 0. The van der Waals surface area contributed by atoms with Gasteiger partial charge in [-0.05, 0) is 25.2 Å². The molecule has 2 aliphatic rings. The van der Waals surface area contributed by atoms with E-state index in [4.69, 9.17) is 26.4 Å². The van der Waals surface area contributed by atoms with E-state index in [1.165, 1.54) is 0 Å². The van der Waals surface area contributed by atoms with E-state index in [2.05, 4.69) is 16.8 Å². The summed E-state index contributed by atoms with van der Waals surface area (Å²) in [5.74, 6) is 1.08. The third-order valence-corrected chi connectivity index (χ3v) is 5.41. The first kappa shape index (κ1) is 19.9. The van der Waals surface area contributed by atoms with Crippen LogP contribution in [0, 0.1) is 0 Å². The van der Waals surface area contributed by atoms with Crippen LogP contribution in [0.1, 0.15) is 5.56 Å². The van der Waals surface area contributed by atoms with Gasteiger partial charge in [-0.2, -0.15) is 0 Å². The number of carbonyl (C=O) groups is 1. The van der Waals surface area contributed by atoms with E-state index in [1.54, 1.807) is 12.0 Å². The summed E-state index contributed by atoms with van der Waals surface area (Å²) in [4.78, 5) is 19.3. The summed E-state index contributed by atoms with van der Waals surface area (Å²) in [6, 6.07) is 5.63. The van der Waals surface area contributed by atoms with Gasteiger partial charge < -0.3 is 28.9 Å². The average Bonchev–Trinajstić information content (AvgIpc) is 2.72. The van der Waals surface area contributed by atoms with Crippen LogP contribution >= 0.6 is 12.2 Å². The van der Waals surface area contributed by atoms with Gasteiger partial charge in [-0.3, -0.25) is 4.79 Å². The van der Waals surface area contributed by atoms with Crippen LogP contribution in [0.15, 0.2) is 18.2 Å². The normalized spacial score (nSPS) is 18.3. The first-order valence-electron chi connectivity index (χ1n) is 9.22. The quantitative estimate of drug-likeness (QED) is 0.688. The van der Waals surface area contributed by atoms with E-state index in [0.29, 0.717) is 37.8 Å². The Balaban J connectivity index is 1.61. The van der Waals surface area contributed by atoms with Gasteiger partial charge >= 0.3 is 0 Å². The molecule has 0 aromatic heterocycles. The van der Waals surface area contributed by atoms with Crippen molar-refractivity contribution >= 4 is 23.1 Å². The highest BCUT2D eigenvalue weighted by Gasteiger charge is 2.20. The number of thiocarbonyl (C=S) groups is 1. The lowest BCUT2D eigenvalue weighted by atomic mass is 10.1. The highest BCUT2D eigenvalue weighted by atomic mass is 32.1. The molecule has 0 saturated carbocycles. The number of hydrogen-bond acceptors (Lipinski definition) is 6. The Kier molecular flexibility index (Phi) is 6.87. The minimum absolute atomic E-state index is 0.0153. The highest BCUT2D eigenvalue weighted by molar-refractivity contribution is 7.80. The number of morpholine rings is 1. The Morgan fingerprint density at radius 1 is 1.07 bits per heavy atom. The van der Waals surface area contributed by atoms with Crippen molar-refractivity contribution in [3.05, 3.63) is 23.8 Å². The number of hydrogen-bond donors (Lipinski definition) is 0. The lowest BCUT2D eigenvalue weighted by molar-refractivity contribution is -0.137. The number of ether oxygens (including phenoxy) is 3. The van der Waals surface area contributed by atoms with Crippen molar-refractivity contribution in [2.24, 2.45) is 0 Å². The molecule has 2 fully saturated rings. The van der Waals surface area contributed by atoms with Crippen LogP contribution in [-0.2, 0) is 9.53 Å². The fraction of sp³-hybridized carbons (Fsp3) is 0.579. The van der Waals surface area contributed by atoms with Gasteiger partial charge in [0.2, 0.25) is 0 Å². The molecule has 0 unspecified atom stereocenters. The zero-order valence-electron chi connectivity index (χ0n) is 16.0. The van der Waals surface area contributed by atoms with Crippen molar-refractivity contribution in [2.75, 3.05) is 73.2 Å². The smallest absolute Gasteiger partial charge is 0.260 e. The Morgan fingerprint density at radius 2 is 1.78 bits per heavy atom. The van der Waals surface area contributed by atoms with Crippen molar-refractivity contribution in [1.29, 1.82) is 0 Å². The predicted molar refractivity (Wildman–Crippen MR) is 107 cm³/mol. The zero-order chi connectivity index (χ0) is 19.2. The Bertz CT molecular complexity index is 671. The molecule has 7 nitrogen and oxygen atoms in total. The molecule has 0 radical (unpaired) electrons. The van der Waals surface area contributed by atoms with E-state index >= 15 is 0 Å². The zero-order valence-corrected chi connectivity index (χ0v) is 16.8. The van der Waals surface area contributed by atoms with Gasteiger partial charge in [0.05, 0.1) is 20.3 Å². The van der Waals surface area contributed by atoms with Crippen molar-refractivity contribution < 1.29 is 19.0 Å². The van der Waals surface area contributed by atoms with E-state index in [9.17, 15) is 4.79 Å². The molecule has 2 aliphatic heterocycles. The van der Waals surface area contributed by atoms with E-state index < -0.39 is 0 Å². The van der Waals surface area contributed by atoms with Crippen LogP contribution in [0.25, 0.3) is 0 Å². The van der Waals surface area contributed by atoms with Crippen LogP contribution in [0.4, 0.5) is 0 Å². The van der Waals surface area contributed by atoms with Gasteiger partial charge in [0.1, 0.15) is 4.99 Å². The Hall–Kier alpha value is -1.90. The van der Waals surface area contributed by atoms with Crippen molar-refractivity contribution in [2.45, 2.75) is 0 Å². The number of carbonyl (C=O) groups excluding carboxylic acids is 1. The minimum Gasteiger partial charge on any atom is -0.493 e. The predicted octanol–water partition coefficient (Wildman–Crippen LogP) is 0.856. The minimum atomic E-state index is -0.0441. The number of likely N-dealkylation sites (N-methyl/N-ethyl adjacent to an activating group) is 1. The number of nitrogens with zero attached hydrogens (tertiary/aromatic N) is 3. The lowest BCUT2D eigenvalue weighted by Crippen LogP contribution is -2.46. The first-order valence-corrected chi connectivity index (χ1v) is 9.63. The second kappa shape index (κ2) is 9.34. The molecule has 0 aliphatic carbocycles. The summed E-state index contributed by atoms with van der Waals surface area (Å²) >= 11 is 5.66. The second-order valence-corrected chi connectivity index (χ2v) is 7.13. The summed E-state index contributed by atoms with van der Waals surface area (Å²) < 4.78 is 16.4. The molecule has 2 saturated heterocycles. The number of amides is 1. The first-order chi connectivity index (χ1) is 13.1. The molecule has 27 heavy (non-hydrogen) atoms. The van der Waals surface area contributed by atoms with Crippen LogP contribution in [0.2, 0.25) is 0 Å². The van der Waals surface area contributed by atoms with E-state index in [-0.39, 0.29) is 12.5 Å². The summed E-state index contributed by atoms with van der Waals surface area (Å²) in [7, 11) is 3.71. The highest BCUT2D eigenvalue weighted by Crippen LogP contribution is 2.29. The van der Waals surface area contributed by atoms with E-state index in [0.717, 1.165) is 36.7 Å². The molecule has 1 amide bonds. The molecular weight excluding hydrogens is 366 g/mol. The topological polar surface area (TPSA) is 54.5 Å². The van der Waals surface area contributed by atoms with Gasteiger partial charge in [0.25, 0.3) is 5.91 Å². The van der Waals surface area contributed by atoms with Gasteiger partial charge in [-0.1, -0.05) is 12.2 Å². The Morgan fingerprint density at radius 3 is 2.44 bits per heavy atom. The van der Waals surface area contributed by atoms with Gasteiger partial charge in [0, 0.05) is 44.8 Å². The van der Waals surface area contributed by atoms with Crippen LogP contribution in [0.3, 0.4) is 0 Å². The molecule has 148 valence electrons. The largest absolute Gasteiger partial charge is 0.493 e. The monoisotopic (exact) mass is 393 g/mol. The third kappa shape index (κ3) is 5.09. The van der Waals surface area contributed by atoms with Gasteiger partial charge in [-0.15, -0.1) is 0 Å². The maximum absolute atomic E-state index is 12.3. The van der Waals surface area contributed by atoms with Gasteiger partial charge in [-0.25, -0.2) is 0 Å². The SMILES string of the molecule is COc1cc(C(=S)N2CCN(C)CC2)ccc1OCC(=O)N1CCOCC1. The summed E-state index contributed by atoms with van der Waals surface area (Å²) in [6.07, 6.45) is 0. The molecule has 1 aromatic rings. The van der Waals surface area contributed by atoms with Crippen molar-refractivity contribution in [1.82, 2.24) is 14.7 Å². The maximum Gasteiger partial charge on any atom is 0.260 e. The second-order valence-electron chi connectivity index (χ2n) is 6.74.